The van der Waals surface area contributed by atoms with E-state index < -0.39 is 0 Å². The number of carbonyl (C=O) groups is 1. The molecule has 82 valence electrons. The van der Waals surface area contributed by atoms with E-state index >= 15 is 0 Å². The van der Waals surface area contributed by atoms with Gasteiger partial charge in [-0.25, -0.2) is 4.68 Å². The third-order valence-corrected chi connectivity index (χ3v) is 2.56. The lowest BCUT2D eigenvalue weighted by Gasteiger charge is -2.05. The van der Waals surface area contributed by atoms with Crippen molar-refractivity contribution in [1.29, 1.82) is 0 Å². The molecule has 0 unspecified atom stereocenters. The van der Waals surface area contributed by atoms with Gasteiger partial charge in [0.2, 0.25) is 0 Å². The molecule has 1 aromatic heterocycles. The first-order valence-electron chi connectivity index (χ1n) is 5.35. The summed E-state index contributed by atoms with van der Waals surface area (Å²) in [5, 5.41) is 4.24. The third-order valence-electron chi connectivity index (χ3n) is 2.56. The first-order valence-corrected chi connectivity index (χ1v) is 5.35. The normalized spacial score (nSPS) is 10.3. The molecule has 0 spiro atoms. The highest BCUT2D eigenvalue weighted by atomic mass is 16.1. The Hall–Kier alpha value is -1.90. The zero-order valence-electron chi connectivity index (χ0n) is 9.26. The van der Waals surface area contributed by atoms with E-state index in [4.69, 9.17) is 0 Å². The third kappa shape index (κ3) is 2.19. The number of rotatable bonds is 4. The second kappa shape index (κ2) is 4.75. The molecule has 0 aliphatic rings. The van der Waals surface area contributed by atoms with Gasteiger partial charge in [-0.2, -0.15) is 5.10 Å². The first kappa shape index (κ1) is 10.6. The van der Waals surface area contributed by atoms with Crippen molar-refractivity contribution in [3.8, 4) is 5.69 Å². The lowest BCUT2D eigenvalue weighted by molar-refractivity contribution is -0.107. The van der Waals surface area contributed by atoms with Gasteiger partial charge in [-0.05, 0) is 37.1 Å². The molecular weight excluding hydrogens is 200 g/mol. The number of hydrogen-bond donors (Lipinski definition) is 0. The molecule has 0 amide bonds. The van der Waals surface area contributed by atoms with Crippen LogP contribution in [0.15, 0.2) is 36.5 Å². The standard InChI is InChI=1S/C13H14N2O/c1-11-8-9-14-15(11)13-6-4-12(5-7-13)3-2-10-16/h4-10H,2-3H2,1H3. The Kier molecular flexibility index (Phi) is 3.15. The highest BCUT2D eigenvalue weighted by Gasteiger charge is 2.00. The molecule has 0 atom stereocenters. The van der Waals surface area contributed by atoms with Crippen LogP contribution in [0.5, 0.6) is 0 Å². The summed E-state index contributed by atoms with van der Waals surface area (Å²) >= 11 is 0. The van der Waals surface area contributed by atoms with Crippen LogP contribution in [0.3, 0.4) is 0 Å². The van der Waals surface area contributed by atoms with Gasteiger partial charge in [0.1, 0.15) is 6.29 Å². The number of aldehydes is 1. The Labute approximate surface area is 94.7 Å². The van der Waals surface area contributed by atoms with E-state index in [-0.39, 0.29) is 0 Å². The number of aryl methyl sites for hydroxylation is 2. The predicted molar refractivity (Wildman–Crippen MR) is 62.7 cm³/mol. The van der Waals surface area contributed by atoms with Crippen molar-refractivity contribution in [1.82, 2.24) is 9.78 Å². The number of hydrogen-bond acceptors (Lipinski definition) is 2. The fraction of sp³-hybridized carbons (Fsp3) is 0.231. The summed E-state index contributed by atoms with van der Waals surface area (Å²) in [7, 11) is 0. The summed E-state index contributed by atoms with van der Waals surface area (Å²) in [5.41, 5.74) is 3.35. The smallest absolute Gasteiger partial charge is 0.120 e. The summed E-state index contributed by atoms with van der Waals surface area (Å²) in [4.78, 5) is 10.3. The van der Waals surface area contributed by atoms with Crippen LogP contribution in [0.2, 0.25) is 0 Å². The van der Waals surface area contributed by atoms with Gasteiger partial charge >= 0.3 is 0 Å². The number of aromatic nitrogens is 2. The molecule has 0 N–H and O–H groups in total. The van der Waals surface area contributed by atoms with Crippen LogP contribution >= 0.6 is 0 Å². The van der Waals surface area contributed by atoms with Gasteiger partial charge in [0.25, 0.3) is 0 Å². The summed E-state index contributed by atoms with van der Waals surface area (Å²) in [6.45, 7) is 2.02. The van der Waals surface area contributed by atoms with Gasteiger partial charge in [-0.15, -0.1) is 0 Å². The Bertz CT molecular complexity index is 471. The van der Waals surface area contributed by atoms with E-state index in [0.717, 1.165) is 24.1 Å². The number of nitrogens with zero attached hydrogens (tertiary/aromatic N) is 2. The van der Waals surface area contributed by atoms with E-state index in [9.17, 15) is 4.79 Å². The van der Waals surface area contributed by atoms with Crippen molar-refractivity contribution in [2.45, 2.75) is 19.8 Å². The van der Waals surface area contributed by atoms with Crippen molar-refractivity contribution in [3.63, 3.8) is 0 Å². The fourth-order valence-electron chi connectivity index (χ4n) is 1.67. The molecule has 3 nitrogen and oxygen atoms in total. The highest BCUT2D eigenvalue weighted by molar-refractivity contribution is 5.50. The maximum absolute atomic E-state index is 10.3. The van der Waals surface area contributed by atoms with Crippen LogP contribution in [-0.4, -0.2) is 16.1 Å². The van der Waals surface area contributed by atoms with E-state index in [1.54, 1.807) is 6.20 Å². The molecule has 0 aliphatic heterocycles. The van der Waals surface area contributed by atoms with Crippen LogP contribution in [0, 0.1) is 6.92 Å². The molecular formula is C13H14N2O. The SMILES string of the molecule is Cc1ccnn1-c1ccc(CCC=O)cc1. The molecule has 0 saturated heterocycles. The minimum atomic E-state index is 0.583. The van der Waals surface area contributed by atoms with Crippen LogP contribution in [0.1, 0.15) is 17.7 Å². The average Bonchev–Trinajstić information content (AvgIpc) is 2.74. The number of carbonyl (C=O) groups excluding carboxylic acids is 1. The lowest BCUT2D eigenvalue weighted by atomic mass is 10.1. The second-order valence-electron chi connectivity index (χ2n) is 3.76. The lowest BCUT2D eigenvalue weighted by Crippen LogP contribution is -1.98. The van der Waals surface area contributed by atoms with E-state index in [1.807, 2.05) is 41.9 Å². The minimum Gasteiger partial charge on any atom is -0.303 e. The quantitative estimate of drug-likeness (QED) is 0.732. The Morgan fingerprint density at radius 2 is 2.00 bits per heavy atom. The Morgan fingerprint density at radius 3 is 2.56 bits per heavy atom. The second-order valence-corrected chi connectivity index (χ2v) is 3.76. The van der Waals surface area contributed by atoms with Crippen LogP contribution < -0.4 is 0 Å². The van der Waals surface area contributed by atoms with E-state index in [2.05, 4.69) is 5.10 Å². The Morgan fingerprint density at radius 1 is 1.25 bits per heavy atom. The van der Waals surface area contributed by atoms with Gasteiger partial charge in [0.05, 0.1) is 5.69 Å². The van der Waals surface area contributed by atoms with Crippen LogP contribution in [-0.2, 0) is 11.2 Å². The molecule has 2 aromatic rings. The van der Waals surface area contributed by atoms with Gasteiger partial charge in [-0.1, -0.05) is 12.1 Å². The van der Waals surface area contributed by atoms with Crippen molar-refractivity contribution < 1.29 is 4.79 Å². The van der Waals surface area contributed by atoms with Crippen molar-refractivity contribution in [3.05, 3.63) is 47.8 Å². The molecule has 16 heavy (non-hydrogen) atoms. The largest absolute Gasteiger partial charge is 0.303 e. The maximum atomic E-state index is 10.3. The highest BCUT2D eigenvalue weighted by Crippen LogP contribution is 2.12. The van der Waals surface area contributed by atoms with Crippen LogP contribution in [0.25, 0.3) is 5.69 Å². The zero-order chi connectivity index (χ0) is 11.4. The predicted octanol–water partition coefficient (Wildman–Crippen LogP) is 2.31. The van der Waals surface area contributed by atoms with Crippen molar-refractivity contribution in [2.75, 3.05) is 0 Å². The maximum Gasteiger partial charge on any atom is 0.120 e. The monoisotopic (exact) mass is 214 g/mol. The van der Waals surface area contributed by atoms with Gasteiger partial charge in [-0.3, -0.25) is 0 Å². The molecule has 0 saturated carbocycles. The van der Waals surface area contributed by atoms with E-state index in [1.165, 1.54) is 5.56 Å². The van der Waals surface area contributed by atoms with Gasteiger partial charge < -0.3 is 4.79 Å². The van der Waals surface area contributed by atoms with Crippen molar-refractivity contribution >= 4 is 6.29 Å². The first-order chi connectivity index (χ1) is 7.81. The average molecular weight is 214 g/mol. The molecule has 3 heteroatoms. The minimum absolute atomic E-state index is 0.583. The molecule has 1 aromatic carbocycles. The topological polar surface area (TPSA) is 34.9 Å². The summed E-state index contributed by atoms with van der Waals surface area (Å²) in [6, 6.07) is 10.1. The Balaban J connectivity index is 2.19. The van der Waals surface area contributed by atoms with Crippen molar-refractivity contribution in [2.24, 2.45) is 0 Å². The summed E-state index contributed by atoms with van der Waals surface area (Å²) in [6.07, 6.45) is 4.13. The summed E-state index contributed by atoms with van der Waals surface area (Å²) < 4.78 is 1.89. The van der Waals surface area contributed by atoms with Gasteiger partial charge in [0, 0.05) is 18.3 Å². The summed E-state index contributed by atoms with van der Waals surface area (Å²) in [5.74, 6) is 0. The van der Waals surface area contributed by atoms with E-state index in [0.29, 0.717) is 6.42 Å². The van der Waals surface area contributed by atoms with Crippen LogP contribution in [0.4, 0.5) is 0 Å². The molecule has 2 rings (SSSR count). The zero-order valence-corrected chi connectivity index (χ0v) is 9.26. The number of benzene rings is 1. The molecule has 0 bridgehead atoms. The fourth-order valence-corrected chi connectivity index (χ4v) is 1.67. The van der Waals surface area contributed by atoms with Gasteiger partial charge in [0.15, 0.2) is 0 Å². The molecule has 1 heterocycles. The molecule has 0 radical (unpaired) electrons. The molecule has 0 fully saturated rings. The molecule has 0 aliphatic carbocycles.